The standard InChI is InChI=1S/C36H40N2O8/c1-2-3-10-21-37-34(42)31(38-32(39)19-20-33(40)41)23-27-17-15-26(16-18-27)22-30(35(43)45-24-28-11-6-4-7-12-28)36(44)46-25-29-13-8-5-9-14-29/h4-9,11-18,22,31H,2-3,10,19-21,23-25H2,1H3,(H,37,42)(H,38,39)(H,40,41). The topological polar surface area (TPSA) is 148 Å². The van der Waals surface area contributed by atoms with E-state index < -0.39 is 29.9 Å². The van der Waals surface area contributed by atoms with Crippen molar-refractivity contribution < 1.29 is 38.6 Å². The Morgan fingerprint density at radius 1 is 0.739 bits per heavy atom. The van der Waals surface area contributed by atoms with E-state index in [0.717, 1.165) is 30.4 Å². The van der Waals surface area contributed by atoms with Crippen molar-refractivity contribution in [3.8, 4) is 0 Å². The molecule has 10 nitrogen and oxygen atoms in total. The second-order valence-electron chi connectivity index (χ2n) is 10.6. The van der Waals surface area contributed by atoms with Crippen molar-refractivity contribution in [1.29, 1.82) is 0 Å². The van der Waals surface area contributed by atoms with Gasteiger partial charge in [-0.2, -0.15) is 0 Å². The van der Waals surface area contributed by atoms with Crippen LogP contribution in [0.15, 0.2) is 90.5 Å². The molecule has 0 saturated carbocycles. The summed E-state index contributed by atoms with van der Waals surface area (Å²) >= 11 is 0. The van der Waals surface area contributed by atoms with Gasteiger partial charge < -0.3 is 25.2 Å². The van der Waals surface area contributed by atoms with Crippen LogP contribution in [0.5, 0.6) is 0 Å². The first-order valence-corrected chi connectivity index (χ1v) is 15.3. The molecule has 3 aromatic rings. The quantitative estimate of drug-likeness (QED) is 0.0601. The molecule has 0 radical (unpaired) electrons. The highest BCUT2D eigenvalue weighted by molar-refractivity contribution is 6.17. The molecule has 1 unspecified atom stereocenters. The summed E-state index contributed by atoms with van der Waals surface area (Å²) in [4.78, 5) is 62.3. The van der Waals surface area contributed by atoms with Crippen LogP contribution in [0.2, 0.25) is 0 Å². The van der Waals surface area contributed by atoms with E-state index in [2.05, 4.69) is 17.6 Å². The van der Waals surface area contributed by atoms with Gasteiger partial charge in [0.05, 0.1) is 6.42 Å². The van der Waals surface area contributed by atoms with Gasteiger partial charge in [0, 0.05) is 19.4 Å². The first-order chi connectivity index (χ1) is 22.2. The van der Waals surface area contributed by atoms with E-state index in [1.165, 1.54) is 6.08 Å². The molecule has 0 bridgehead atoms. The van der Waals surface area contributed by atoms with E-state index in [9.17, 15) is 24.0 Å². The molecule has 0 aromatic heterocycles. The summed E-state index contributed by atoms with van der Waals surface area (Å²) in [6.07, 6.45) is 3.68. The number of carbonyl (C=O) groups excluding carboxylic acids is 4. The molecule has 0 aliphatic carbocycles. The summed E-state index contributed by atoms with van der Waals surface area (Å²) in [6, 6.07) is 24.0. The van der Waals surface area contributed by atoms with Gasteiger partial charge in [0.25, 0.3) is 0 Å². The lowest BCUT2D eigenvalue weighted by atomic mass is 10.0. The lowest BCUT2D eigenvalue weighted by Gasteiger charge is -2.19. The third-order valence-corrected chi connectivity index (χ3v) is 6.89. The molecule has 0 fully saturated rings. The molecule has 0 heterocycles. The second kappa shape index (κ2) is 19.2. The number of amides is 2. The number of benzene rings is 3. The summed E-state index contributed by atoms with van der Waals surface area (Å²) in [5.41, 5.74) is 2.45. The largest absolute Gasteiger partial charge is 0.481 e. The van der Waals surface area contributed by atoms with Gasteiger partial charge in [-0.1, -0.05) is 105 Å². The summed E-state index contributed by atoms with van der Waals surface area (Å²) in [7, 11) is 0. The zero-order valence-corrected chi connectivity index (χ0v) is 25.9. The minimum atomic E-state index is -1.10. The minimum Gasteiger partial charge on any atom is -0.481 e. The fourth-order valence-electron chi connectivity index (χ4n) is 4.36. The fraction of sp³-hybridized carbons (Fsp3) is 0.306. The number of ether oxygens (including phenoxy) is 2. The lowest BCUT2D eigenvalue weighted by Crippen LogP contribution is -2.48. The summed E-state index contributed by atoms with van der Waals surface area (Å²) < 4.78 is 10.9. The number of carboxylic acid groups (broad SMARTS) is 1. The monoisotopic (exact) mass is 628 g/mol. The van der Waals surface area contributed by atoms with Gasteiger partial charge in [0.2, 0.25) is 11.8 Å². The average Bonchev–Trinajstić information content (AvgIpc) is 3.07. The molecule has 3 rings (SSSR count). The van der Waals surface area contributed by atoms with Crippen LogP contribution < -0.4 is 10.6 Å². The molecular formula is C36H40N2O8. The zero-order valence-electron chi connectivity index (χ0n) is 25.9. The van der Waals surface area contributed by atoms with E-state index in [0.29, 0.717) is 17.7 Å². The van der Waals surface area contributed by atoms with Crippen LogP contribution in [-0.4, -0.2) is 47.4 Å². The highest BCUT2D eigenvalue weighted by Gasteiger charge is 2.23. The Kier molecular flexibility index (Phi) is 14.7. The third-order valence-electron chi connectivity index (χ3n) is 6.89. The maximum atomic E-state index is 13.1. The van der Waals surface area contributed by atoms with Crippen molar-refractivity contribution in [1.82, 2.24) is 10.6 Å². The summed E-state index contributed by atoms with van der Waals surface area (Å²) in [6.45, 7) is 2.46. The molecule has 2 amide bonds. The maximum absolute atomic E-state index is 13.1. The summed E-state index contributed by atoms with van der Waals surface area (Å²) in [5, 5.41) is 14.4. The molecule has 3 aromatic carbocycles. The lowest BCUT2D eigenvalue weighted by molar-refractivity contribution is -0.148. The van der Waals surface area contributed by atoms with E-state index in [4.69, 9.17) is 14.6 Å². The van der Waals surface area contributed by atoms with Gasteiger partial charge in [-0.25, -0.2) is 9.59 Å². The minimum absolute atomic E-state index is 0.0258. The molecule has 0 aliphatic heterocycles. The smallest absolute Gasteiger partial charge is 0.345 e. The first kappa shape index (κ1) is 35.2. The number of rotatable bonds is 18. The van der Waals surface area contributed by atoms with Gasteiger partial charge in [-0.3, -0.25) is 14.4 Å². The highest BCUT2D eigenvalue weighted by Crippen LogP contribution is 2.16. The Hall–Kier alpha value is -5.25. The Morgan fingerprint density at radius 2 is 1.30 bits per heavy atom. The van der Waals surface area contributed by atoms with Crippen molar-refractivity contribution in [2.24, 2.45) is 0 Å². The zero-order chi connectivity index (χ0) is 33.1. The number of hydrogen-bond acceptors (Lipinski definition) is 7. The van der Waals surface area contributed by atoms with Crippen molar-refractivity contribution in [2.75, 3.05) is 6.54 Å². The van der Waals surface area contributed by atoms with Gasteiger partial charge in [-0.15, -0.1) is 0 Å². The van der Waals surface area contributed by atoms with Gasteiger partial charge in [0.15, 0.2) is 0 Å². The van der Waals surface area contributed by atoms with Gasteiger partial charge in [0.1, 0.15) is 24.8 Å². The Labute approximate surface area is 268 Å². The fourth-order valence-corrected chi connectivity index (χ4v) is 4.36. The molecule has 0 aliphatic rings. The molecular weight excluding hydrogens is 588 g/mol. The molecule has 1 atom stereocenters. The number of nitrogens with one attached hydrogen (secondary N) is 2. The van der Waals surface area contributed by atoms with Crippen molar-refractivity contribution in [3.05, 3.63) is 113 Å². The van der Waals surface area contributed by atoms with Gasteiger partial charge in [-0.05, 0) is 34.8 Å². The maximum Gasteiger partial charge on any atom is 0.345 e. The van der Waals surface area contributed by atoms with Crippen LogP contribution in [0.1, 0.15) is 61.3 Å². The third kappa shape index (κ3) is 12.8. The van der Waals surface area contributed by atoms with E-state index in [1.54, 1.807) is 48.5 Å². The van der Waals surface area contributed by atoms with E-state index in [-0.39, 0.29) is 44.0 Å². The molecule has 10 heteroatoms. The molecule has 46 heavy (non-hydrogen) atoms. The van der Waals surface area contributed by atoms with Crippen molar-refractivity contribution in [2.45, 2.75) is 64.7 Å². The van der Waals surface area contributed by atoms with Crippen LogP contribution in [-0.2, 0) is 53.1 Å². The van der Waals surface area contributed by atoms with Crippen LogP contribution in [0.3, 0.4) is 0 Å². The predicted molar refractivity (Wildman–Crippen MR) is 172 cm³/mol. The Balaban J connectivity index is 1.76. The van der Waals surface area contributed by atoms with Crippen LogP contribution in [0.4, 0.5) is 0 Å². The second-order valence-corrected chi connectivity index (χ2v) is 10.6. The summed E-state index contributed by atoms with van der Waals surface area (Å²) in [5.74, 6) is -3.69. The number of hydrogen-bond donors (Lipinski definition) is 3. The Bertz CT molecular complexity index is 1410. The predicted octanol–water partition coefficient (Wildman–Crippen LogP) is 4.76. The SMILES string of the molecule is CCCCCNC(=O)C(Cc1ccc(C=C(C(=O)OCc2ccccc2)C(=O)OCc2ccccc2)cc1)NC(=O)CCC(=O)O. The number of esters is 2. The number of carbonyl (C=O) groups is 5. The average molecular weight is 629 g/mol. The Morgan fingerprint density at radius 3 is 1.83 bits per heavy atom. The first-order valence-electron chi connectivity index (χ1n) is 15.3. The van der Waals surface area contributed by atoms with Crippen LogP contribution in [0, 0.1) is 0 Å². The number of aliphatic carboxylic acids is 1. The molecule has 0 saturated heterocycles. The molecule has 242 valence electrons. The van der Waals surface area contributed by atoms with Crippen LogP contribution in [0.25, 0.3) is 6.08 Å². The van der Waals surface area contributed by atoms with E-state index >= 15 is 0 Å². The highest BCUT2D eigenvalue weighted by atomic mass is 16.6. The van der Waals surface area contributed by atoms with Crippen molar-refractivity contribution in [3.63, 3.8) is 0 Å². The van der Waals surface area contributed by atoms with E-state index in [1.807, 2.05) is 36.4 Å². The molecule has 3 N–H and O–H groups in total. The number of carboxylic acids is 1. The molecule has 0 spiro atoms. The normalized spacial score (nSPS) is 11.1. The number of unbranched alkanes of at least 4 members (excludes halogenated alkanes) is 2. The van der Waals surface area contributed by atoms with Crippen LogP contribution >= 0.6 is 0 Å². The van der Waals surface area contributed by atoms with Gasteiger partial charge >= 0.3 is 17.9 Å². The van der Waals surface area contributed by atoms with Crippen molar-refractivity contribution >= 4 is 35.8 Å².